The molecule has 3 atom stereocenters. The molecule has 2 fully saturated rings. The molecule has 0 aliphatic carbocycles. The Morgan fingerprint density at radius 1 is 1.28 bits per heavy atom. The van der Waals surface area contributed by atoms with Gasteiger partial charge in [-0.3, -0.25) is 9.80 Å². The van der Waals surface area contributed by atoms with E-state index in [4.69, 9.17) is 10.5 Å². The zero-order valence-electron chi connectivity index (χ0n) is 16.5. The topological polar surface area (TPSA) is 58.8 Å². The summed E-state index contributed by atoms with van der Waals surface area (Å²) in [5.74, 6) is 0.390. The standard InChI is InChI=1S/C20H35N3O2/c1-6-16(15(2)12-21)8-7-11-22-13-17-9-10-18(14-22)23(17)19(24)25-20(3,4)5/h6-8,15,17-18H,9-14,21H2,1-5H3/b8-7-,16-6+. The first-order chi connectivity index (χ1) is 11.7. The van der Waals surface area contributed by atoms with Gasteiger partial charge in [-0.2, -0.15) is 0 Å². The van der Waals surface area contributed by atoms with E-state index in [1.807, 2.05) is 25.7 Å². The molecule has 25 heavy (non-hydrogen) atoms. The summed E-state index contributed by atoms with van der Waals surface area (Å²) >= 11 is 0. The molecular weight excluding hydrogens is 314 g/mol. The number of fused-ring (bicyclic) bond motifs is 2. The second-order valence-electron chi connectivity index (χ2n) is 8.32. The average molecular weight is 350 g/mol. The van der Waals surface area contributed by atoms with Crippen LogP contribution in [0.5, 0.6) is 0 Å². The molecule has 0 spiro atoms. The van der Waals surface area contributed by atoms with Crippen molar-refractivity contribution in [2.45, 2.75) is 65.1 Å². The van der Waals surface area contributed by atoms with Crippen LogP contribution in [0.1, 0.15) is 47.5 Å². The van der Waals surface area contributed by atoms with Crippen molar-refractivity contribution in [3.05, 3.63) is 23.8 Å². The Labute approximate surface area is 152 Å². The fourth-order valence-corrected chi connectivity index (χ4v) is 3.77. The summed E-state index contributed by atoms with van der Waals surface area (Å²) in [5, 5.41) is 0. The van der Waals surface area contributed by atoms with Gasteiger partial charge in [0.15, 0.2) is 0 Å². The maximum Gasteiger partial charge on any atom is 0.410 e. The summed E-state index contributed by atoms with van der Waals surface area (Å²) < 4.78 is 5.59. The van der Waals surface area contributed by atoms with E-state index in [9.17, 15) is 4.79 Å². The van der Waals surface area contributed by atoms with E-state index in [2.05, 4.69) is 37.0 Å². The maximum absolute atomic E-state index is 12.5. The zero-order chi connectivity index (χ0) is 18.6. The van der Waals surface area contributed by atoms with E-state index in [1.54, 1.807) is 0 Å². The van der Waals surface area contributed by atoms with Crippen molar-refractivity contribution in [1.29, 1.82) is 0 Å². The van der Waals surface area contributed by atoms with Crippen LogP contribution in [0, 0.1) is 5.92 Å². The minimum atomic E-state index is -0.432. The van der Waals surface area contributed by atoms with E-state index < -0.39 is 5.60 Å². The van der Waals surface area contributed by atoms with Gasteiger partial charge in [-0.25, -0.2) is 4.79 Å². The van der Waals surface area contributed by atoms with Gasteiger partial charge in [0.2, 0.25) is 0 Å². The monoisotopic (exact) mass is 349 g/mol. The van der Waals surface area contributed by atoms with Crippen LogP contribution in [-0.2, 0) is 4.74 Å². The van der Waals surface area contributed by atoms with Crippen molar-refractivity contribution in [2.75, 3.05) is 26.2 Å². The minimum absolute atomic E-state index is 0.150. The molecule has 5 heteroatoms. The Morgan fingerprint density at radius 3 is 2.36 bits per heavy atom. The quantitative estimate of drug-likeness (QED) is 0.775. The van der Waals surface area contributed by atoms with Crippen LogP contribution >= 0.6 is 0 Å². The molecule has 2 aliphatic heterocycles. The number of carbonyl (C=O) groups is 1. The highest BCUT2D eigenvalue weighted by atomic mass is 16.6. The molecule has 2 heterocycles. The van der Waals surface area contributed by atoms with Crippen LogP contribution < -0.4 is 5.73 Å². The Morgan fingerprint density at radius 2 is 1.88 bits per heavy atom. The second-order valence-corrected chi connectivity index (χ2v) is 8.32. The van der Waals surface area contributed by atoms with Gasteiger partial charge in [0, 0.05) is 31.7 Å². The highest BCUT2D eigenvalue weighted by molar-refractivity contribution is 5.69. The summed E-state index contributed by atoms with van der Waals surface area (Å²) in [6.45, 7) is 13.4. The number of hydrogen-bond acceptors (Lipinski definition) is 4. The van der Waals surface area contributed by atoms with Gasteiger partial charge in [-0.15, -0.1) is 0 Å². The summed E-state index contributed by atoms with van der Waals surface area (Å²) in [5.41, 5.74) is 6.62. The fraction of sp³-hybridized carbons (Fsp3) is 0.750. The minimum Gasteiger partial charge on any atom is -0.444 e. The number of carbonyl (C=O) groups excluding carboxylic acids is 1. The molecule has 3 unspecified atom stereocenters. The van der Waals surface area contributed by atoms with Crippen LogP contribution in [0.3, 0.4) is 0 Å². The van der Waals surface area contributed by atoms with Crippen LogP contribution in [0.2, 0.25) is 0 Å². The third kappa shape index (κ3) is 5.32. The Balaban J connectivity index is 1.90. The third-order valence-electron chi connectivity index (χ3n) is 5.09. The summed E-state index contributed by atoms with van der Waals surface area (Å²) in [6.07, 6.45) is 8.56. The number of nitrogens with two attached hydrogens (primary N) is 1. The number of hydrogen-bond donors (Lipinski definition) is 1. The molecule has 2 aliphatic rings. The predicted octanol–water partition coefficient (Wildman–Crippen LogP) is 3.17. The zero-order valence-corrected chi connectivity index (χ0v) is 16.5. The normalized spacial score (nSPS) is 26.3. The van der Waals surface area contributed by atoms with E-state index in [0.717, 1.165) is 32.5 Å². The highest BCUT2D eigenvalue weighted by Crippen LogP contribution is 2.31. The lowest BCUT2D eigenvalue weighted by molar-refractivity contribution is -0.00290. The highest BCUT2D eigenvalue weighted by Gasteiger charge is 2.43. The average Bonchev–Trinajstić information content (AvgIpc) is 2.80. The summed E-state index contributed by atoms with van der Waals surface area (Å²) in [4.78, 5) is 16.9. The molecule has 0 aromatic carbocycles. The second kappa shape index (κ2) is 8.37. The van der Waals surface area contributed by atoms with Crippen molar-refractivity contribution < 1.29 is 9.53 Å². The molecule has 142 valence electrons. The number of nitrogens with zero attached hydrogens (tertiary/aromatic N) is 2. The third-order valence-corrected chi connectivity index (χ3v) is 5.09. The predicted molar refractivity (Wildman–Crippen MR) is 102 cm³/mol. The molecule has 0 saturated carbocycles. The molecule has 2 saturated heterocycles. The molecule has 0 aromatic heterocycles. The molecule has 5 nitrogen and oxygen atoms in total. The number of likely N-dealkylation sites (tertiary alicyclic amines) is 1. The first-order valence-corrected chi connectivity index (χ1v) is 9.51. The van der Waals surface area contributed by atoms with Gasteiger partial charge in [0.25, 0.3) is 0 Å². The van der Waals surface area contributed by atoms with Crippen LogP contribution in [0.15, 0.2) is 23.8 Å². The van der Waals surface area contributed by atoms with E-state index in [-0.39, 0.29) is 18.2 Å². The Kier molecular flexibility index (Phi) is 6.69. The molecule has 1 amide bonds. The SMILES string of the molecule is C/C=C(\C=C/CN1CC2CCC(C1)N2C(=O)OC(C)(C)C)C(C)CN. The lowest BCUT2D eigenvalue weighted by Gasteiger charge is -2.41. The van der Waals surface area contributed by atoms with E-state index in [0.29, 0.717) is 12.5 Å². The van der Waals surface area contributed by atoms with Crippen LogP contribution in [0.25, 0.3) is 0 Å². The van der Waals surface area contributed by atoms with Crippen molar-refractivity contribution in [3.63, 3.8) is 0 Å². The Hall–Kier alpha value is -1.33. The molecule has 2 bridgehead atoms. The Bertz CT molecular complexity index is 508. The van der Waals surface area contributed by atoms with Gasteiger partial charge >= 0.3 is 6.09 Å². The molecular formula is C20H35N3O2. The fourth-order valence-electron chi connectivity index (χ4n) is 3.77. The van der Waals surface area contributed by atoms with Gasteiger partial charge in [0.05, 0.1) is 0 Å². The largest absolute Gasteiger partial charge is 0.444 e. The van der Waals surface area contributed by atoms with Crippen molar-refractivity contribution in [2.24, 2.45) is 11.7 Å². The number of amides is 1. The van der Waals surface area contributed by atoms with Gasteiger partial charge in [0.1, 0.15) is 5.60 Å². The number of ether oxygens (including phenoxy) is 1. The lowest BCUT2D eigenvalue weighted by Crippen LogP contribution is -2.56. The van der Waals surface area contributed by atoms with Gasteiger partial charge in [-0.05, 0) is 58.6 Å². The number of piperazine rings is 1. The van der Waals surface area contributed by atoms with Gasteiger partial charge < -0.3 is 10.5 Å². The van der Waals surface area contributed by atoms with E-state index in [1.165, 1.54) is 5.57 Å². The van der Waals surface area contributed by atoms with Crippen LogP contribution in [0.4, 0.5) is 4.79 Å². The van der Waals surface area contributed by atoms with Crippen molar-refractivity contribution in [1.82, 2.24) is 9.80 Å². The smallest absolute Gasteiger partial charge is 0.410 e. The molecule has 0 aromatic rings. The maximum atomic E-state index is 12.5. The summed E-state index contributed by atoms with van der Waals surface area (Å²) in [7, 11) is 0. The summed E-state index contributed by atoms with van der Waals surface area (Å²) in [6, 6.07) is 0.567. The molecule has 2 rings (SSSR count). The van der Waals surface area contributed by atoms with Crippen molar-refractivity contribution >= 4 is 6.09 Å². The van der Waals surface area contributed by atoms with Crippen LogP contribution in [-0.4, -0.2) is 59.8 Å². The van der Waals surface area contributed by atoms with Gasteiger partial charge in [-0.1, -0.05) is 25.2 Å². The number of allylic oxidation sites excluding steroid dienone is 2. The van der Waals surface area contributed by atoms with Crippen molar-refractivity contribution in [3.8, 4) is 0 Å². The van der Waals surface area contributed by atoms with E-state index >= 15 is 0 Å². The molecule has 2 N–H and O–H groups in total. The lowest BCUT2D eigenvalue weighted by atomic mass is 10.0. The number of rotatable bonds is 5. The first-order valence-electron chi connectivity index (χ1n) is 9.51. The first kappa shape index (κ1) is 20.0. The molecule has 0 radical (unpaired) electrons.